The Balaban J connectivity index is 0.000000103. The molecule has 0 amide bonds. The van der Waals surface area contributed by atoms with E-state index in [0.29, 0.717) is 33.9 Å². The maximum absolute atomic E-state index is 7.76. The van der Waals surface area contributed by atoms with E-state index in [1.54, 1.807) is 24.5 Å². The van der Waals surface area contributed by atoms with Gasteiger partial charge in [-0.15, -0.1) is 0 Å². The molecule has 20 rings (SSSR count). The summed E-state index contributed by atoms with van der Waals surface area (Å²) in [5, 5.41) is 10.2. The first-order chi connectivity index (χ1) is 51.4. The average Bonchev–Trinajstić information content (AvgIpc) is 1.62. The second-order valence-corrected chi connectivity index (χ2v) is 24.5. The van der Waals surface area contributed by atoms with Crippen molar-refractivity contribution in [3.05, 3.63) is 361 Å². The van der Waals surface area contributed by atoms with E-state index < -0.39 is 0 Å². The molecule has 0 aliphatic heterocycles. The highest BCUT2D eigenvalue weighted by atomic mass is 16.3. The molecular formula is C92H52N8O4. The molecule has 20 aromatic rings. The maximum Gasteiger partial charge on any atom is 0.237 e. The third-order valence-electron chi connectivity index (χ3n) is 18.5. The van der Waals surface area contributed by atoms with Crippen molar-refractivity contribution in [1.82, 2.24) is 19.9 Å². The largest absolute Gasteiger partial charge is 0.466 e. The number of fused-ring (bicyclic) bond motifs is 14. The van der Waals surface area contributed by atoms with Crippen molar-refractivity contribution in [3.63, 3.8) is 0 Å². The van der Waals surface area contributed by atoms with Crippen LogP contribution in [0, 0.1) is 26.3 Å². The van der Waals surface area contributed by atoms with Gasteiger partial charge in [0.05, 0.1) is 60.1 Å². The van der Waals surface area contributed by atoms with Crippen molar-refractivity contribution in [1.29, 1.82) is 0 Å². The number of para-hydroxylation sites is 7. The van der Waals surface area contributed by atoms with E-state index in [0.717, 1.165) is 166 Å². The molecule has 12 nitrogen and oxygen atoms in total. The zero-order valence-electron chi connectivity index (χ0n) is 55.2. The molecule has 0 saturated carbocycles. The molecule has 12 heteroatoms. The van der Waals surface area contributed by atoms with Crippen LogP contribution in [0.5, 0.6) is 0 Å². The third-order valence-corrected chi connectivity index (χ3v) is 18.5. The normalized spacial score (nSPS) is 11.0. The molecule has 0 bridgehead atoms. The summed E-state index contributed by atoms with van der Waals surface area (Å²) in [6.45, 7) is 29.9. The zero-order chi connectivity index (χ0) is 70.0. The smallest absolute Gasteiger partial charge is 0.237 e. The Bertz CT molecular complexity index is 6910. The van der Waals surface area contributed by atoms with Crippen LogP contribution in [-0.4, -0.2) is 19.9 Å². The van der Waals surface area contributed by atoms with Crippen molar-refractivity contribution in [2.24, 2.45) is 0 Å². The number of aromatic nitrogens is 4. The second-order valence-electron chi connectivity index (χ2n) is 24.5. The molecule has 0 unspecified atom stereocenters. The van der Waals surface area contributed by atoms with Crippen LogP contribution in [-0.2, 0) is 0 Å². The third kappa shape index (κ3) is 11.3. The number of benzene rings is 12. The van der Waals surface area contributed by atoms with Gasteiger partial charge in [-0.3, -0.25) is 9.97 Å². The fourth-order valence-corrected chi connectivity index (χ4v) is 13.7. The van der Waals surface area contributed by atoms with E-state index in [-0.39, 0.29) is 0 Å². The van der Waals surface area contributed by atoms with Crippen molar-refractivity contribution >= 4 is 132 Å². The molecule has 8 heterocycles. The van der Waals surface area contributed by atoms with E-state index in [1.807, 2.05) is 261 Å². The van der Waals surface area contributed by atoms with Gasteiger partial charge >= 0.3 is 0 Å². The van der Waals surface area contributed by atoms with Gasteiger partial charge in [0.1, 0.15) is 44.7 Å². The zero-order valence-corrected chi connectivity index (χ0v) is 55.2. The lowest BCUT2D eigenvalue weighted by Gasteiger charge is -2.05. The molecule has 0 fully saturated rings. The van der Waals surface area contributed by atoms with Gasteiger partial charge in [-0.25, -0.2) is 29.3 Å². The van der Waals surface area contributed by atoms with Crippen LogP contribution >= 0.6 is 0 Å². The Morgan fingerprint density at radius 1 is 0.260 bits per heavy atom. The highest BCUT2D eigenvalue weighted by Crippen LogP contribution is 2.47. The first kappa shape index (κ1) is 62.4. The molecular weight excluding hydrogens is 1280 g/mol. The summed E-state index contributed by atoms with van der Waals surface area (Å²) in [7, 11) is 0. The number of hydrogen-bond donors (Lipinski definition) is 0. The van der Waals surface area contributed by atoms with Gasteiger partial charge in [0.15, 0.2) is 11.4 Å². The summed E-state index contributed by atoms with van der Waals surface area (Å²) in [4.78, 5) is 33.1. The monoisotopic (exact) mass is 1330 g/mol. The SMILES string of the molecule is [C-]#[N+]c1c(-c2ccccc2)ccc2c1oc1c(-c3ccccn3)cccc12.[C-]#[N+]c1ccc2c(c1)oc1c(-c3ccc4ccccc4n3)cccc12.[C-]#[N+]c1ccc2c(oc3c(-c4ccccn4)cccc32)c1-c1ccccc1.[C-]#[N+]c1cccc2c1oc1c(-c3ccc4ccccc4n3)cccc12. The standard InChI is InChI=1S/2C24H14N2O.2C22H12N2O/c1-25-22-17(16-8-3-2-4-9-16)13-14-19-18-10-7-11-20(23(18)27-24(19)22)21-12-5-6-15-26-21;1-25-21-14-13-18-17-10-7-11-19(20-12-5-6-15-26-20)23(17)27-24(18)22(21)16-8-3-2-4-9-16;1-23-20-11-5-8-16-15-7-4-9-17(21(15)25-22(16)20)19-13-12-14-6-2-3-10-18(14)24-19;1-23-15-10-11-16-17-6-4-7-18(22(17)25-21(16)13-15)20-12-9-14-5-2-3-8-19(14)24-20/h2*2-15H;2*2-13H. The lowest BCUT2D eigenvalue weighted by molar-refractivity contribution is 0.670. The highest BCUT2D eigenvalue weighted by Gasteiger charge is 2.22. The van der Waals surface area contributed by atoms with E-state index in [2.05, 4.69) is 59.7 Å². The van der Waals surface area contributed by atoms with E-state index in [9.17, 15) is 0 Å². The lowest BCUT2D eigenvalue weighted by Crippen LogP contribution is -1.85. The van der Waals surface area contributed by atoms with E-state index >= 15 is 0 Å². The van der Waals surface area contributed by atoms with Crippen molar-refractivity contribution in [2.75, 3.05) is 0 Å². The Hall–Kier alpha value is -15.1. The van der Waals surface area contributed by atoms with Gasteiger partial charge in [0.25, 0.3) is 0 Å². The maximum atomic E-state index is 7.76. The lowest BCUT2D eigenvalue weighted by atomic mass is 10.00. The van der Waals surface area contributed by atoms with Gasteiger partial charge in [0.2, 0.25) is 11.4 Å². The molecule has 0 radical (unpaired) electrons. The van der Waals surface area contributed by atoms with Gasteiger partial charge < -0.3 is 17.7 Å². The number of rotatable bonds is 6. The molecule has 0 saturated heterocycles. The van der Waals surface area contributed by atoms with Crippen molar-refractivity contribution in [3.8, 4) is 67.3 Å². The highest BCUT2D eigenvalue weighted by molar-refractivity contribution is 6.17. The number of hydrogen-bond acceptors (Lipinski definition) is 8. The van der Waals surface area contributed by atoms with Crippen LogP contribution in [0.3, 0.4) is 0 Å². The van der Waals surface area contributed by atoms with Crippen LogP contribution in [0.25, 0.3) is 196 Å². The number of pyridine rings is 4. The fraction of sp³-hybridized carbons (Fsp3) is 0. The Kier molecular flexibility index (Phi) is 16.2. The van der Waals surface area contributed by atoms with Crippen LogP contribution in [0.2, 0.25) is 0 Å². The number of furan rings is 4. The van der Waals surface area contributed by atoms with Gasteiger partial charge in [-0.2, -0.15) is 0 Å². The first-order valence-electron chi connectivity index (χ1n) is 33.4. The summed E-state index contributed by atoms with van der Waals surface area (Å²) < 4.78 is 24.9. The molecule has 0 atom stereocenters. The predicted molar refractivity (Wildman–Crippen MR) is 419 cm³/mol. The Morgan fingerprint density at radius 3 is 1.24 bits per heavy atom. The molecule has 0 aliphatic carbocycles. The molecule has 0 aliphatic rings. The van der Waals surface area contributed by atoms with Crippen LogP contribution in [0.15, 0.2) is 333 Å². The minimum Gasteiger partial charge on any atom is -0.466 e. The van der Waals surface area contributed by atoms with Crippen LogP contribution in [0.1, 0.15) is 0 Å². The van der Waals surface area contributed by atoms with Crippen molar-refractivity contribution in [2.45, 2.75) is 0 Å². The van der Waals surface area contributed by atoms with Gasteiger partial charge in [-0.1, -0.05) is 224 Å². The van der Waals surface area contributed by atoms with E-state index in [4.69, 9.17) is 53.9 Å². The summed E-state index contributed by atoms with van der Waals surface area (Å²) in [6.07, 6.45) is 3.55. The quantitative estimate of drug-likeness (QED) is 0.151. The molecule has 0 spiro atoms. The molecule has 104 heavy (non-hydrogen) atoms. The molecule has 484 valence electrons. The Labute approximate surface area is 595 Å². The first-order valence-corrected chi connectivity index (χ1v) is 33.4. The minimum absolute atomic E-state index is 0.533. The molecule has 8 aromatic heterocycles. The predicted octanol–water partition coefficient (Wildman–Crippen LogP) is 26.4. The van der Waals surface area contributed by atoms with Crippen molar-refractivity contribution < 1.29 is 17.7 Å². The topological polar surface area (TPSA) is 122 Å². The average molecular weight is 1330 g/mol. The van der Waals surface area contributed by atoms with Crippen LogP contribution in [0.4, 0.5) is 22.7 Å². The second kappa shape index (κ2) is 27.0. The summed E-state index contributed by atoms with van der Waals surface area (Å²) in [5.41, 5.74) is 21.0. The Morgan fingerprint density at radius 2 is 0.702 bits per heavy atom. The summed E-state index contributed by atoms with van der Waals surface area (Å²) in [5.74, 6) is 0. The summed E-state index contributed by atoms with van der Waals surface area (Å²) in [6, 6.07) is 99.3. The molecule has 12 aromatic carbocycles. The number of nitrogens with zero attached hydrogens (tertiary/aromatic N) is 8. The van der Waals surface area contributed by atoms with Gasteiger partial charge in [-0.05, 0) is 95.6 Å². The van der Waals surface area contributed by atoms with Crippen LogP contribution < -0.4 is 0 Å². The minimum atomic E-state index is 0.533. The van der Waals surface area contributed by atoms with E-state index in [1.165, 1.54) is 0 Å². The fourth-order valence-electron chi connectivity index (χ4n) is 13.7. The molecule has 0 N–H and O–H groups in total. The summed E-state index contributed by atoms with van der Waals surface area (Å²) >= 11 is 0. The van der Waals surface area contributed by atoms with Gasteiger partial charge in [0, 0.05) is 94.1 Å².